The number of urea groups is 1. The van der Waals surface area contributed by atoms with Crippen LogP contribution in [0, 0.1) is 0 Å². The van der Waals surface area contributed by atoms with Gasteiger partial charge in [0.25, 0.3) is 5.91 Å². The first-order valence-corrected chi connectivity index (χ1v) is 11.5. The molecule has 1 aliphatic heterocycles. The number of alkyl halides is 3. The van der Waals surface area contributed by atoms with Gasteiger partial charge in [-0.25, -0.2) is 9.48 Å². The fourth-order valence-corrected chi connectivity index (χ4v) is 4.18. The zero-order chi connectivity index (χ0) is 25.8. The number of likely N-dealkylation sites (tertiary alicyclic amines) is 1. The Bertz CT molecular complexity index is 1190. The Morgan fingerprint density at radius 2 is 1.53 bits per heavy atom. The van der Waals surface area contributed by atoms with Crippen molar-refractivity contribution in [2.45, 2.75) is 24.6 Å². The molecular weight excluding hydrogens is 473 g/mol. The Morgan fingerprint density at radius 3 is 2.14 bits per heavy atom. The van der Waals surface area contributed by atoms with E-state index in [1.54, 1.807) is 35.2 Å². The molecule has 1 fully saturated rings. The molecule has 3 aromatic rings. The number of piperidine rings is 1. The quantitative estimate of drug-likeness (QED) is 0.452. The molecule has 0 aliphatic carbocycles. The van der Waals surface area contributed by atoms with Crippen LogP contribution >= 0.6 is 0 Å². The number of carbonyl (C=O) groups excluding carboxylic acids is 2. The van der Waals surface area contributed by atoms with Crippen LogP contribution in [0.3, 0.4) is 0 Å². The molecule has 0 unspecified atom stereocenters. The lowest BCUT2D eigenvalue weighted by atomic mass is 9.82. The maximum Gasteiger partial charge on any atom is 0.435 e. The lowest BCUT2D eigenvalue weighted by molar-refractivity contribution is -0.141. The van der Waals surface area contributed by atoms with Crippen molar-refractivity contribution in [2.75, 3.05) is 26.2 Å². The average molecular weight is 501 g/mol. The van der Waals surface area contributed by atoms with E-state index in [-0.39, 0.29) is 19.1 Å². The molecule has 8 nitrogen and oxygen atoms in total. The molecule has 0 spiro atoms. The molecule has 190 valence electrons. The van der Waals surface area contributed by atoms with Gasteiger partial charge in [0.15, 0.2) is 5.69 Å². The Labute approximate surface area is 206 Å². The van der Waals surface area contributed by atoms with Crippen LogP contribution in [-0.4, -0.2) is 52.8 Å². The van der Waals surface area contributed by atoms with Gasteiger partial charge >= 0.3 is 12.2 Å². The van der Waals surface area contributed by atoms with Crippen molar-refractivity contribution in [1.29, 1.82) is 0 Å². The predicted molar refractivity (Wildman–Crippen MR) is 127 cm³/mol. The second-order valence-corrected chi connectivity index (χ2v) is 8.67. The number of para-hydroxylation sites is 1. The topological polar surface area (TPSA) is 105 Å². The summed E-state index contributed by atoms with van der Waals surface area (Å²) in [6.07, 6.45) is -2.54. The van der Waals surface area contributed by atoms with E-state index in [1.807, 2.05) is 30.3 Å². The molecule has 11 heteroatoms. The van der Waals surface area contributed by atoms with E-state index in [0.29, 0.717) is 31.6 Å². The molecule has 4 N–H and O–H groups in total. The summed E-state index contributed by atoms with van der Waals surface area (Å²) in [6, 6.07) is 17.6. The van der Waals surface area contributed by atoms with Crippen molar-refractivity contribution in [3.8, 4) is 5.69 Å². The molecule has 36 heavy (non-hydrogen) atoms. The second-order valence-electron chi connectivity index (χ2n) is 8.67. The zero-order valence-electron chi connectivity index (χ0n) is 19.5. The van der Waals surface area contributed by atoms with E-state index in [0.717, 1.165) is 16.4 Å². The molecule has 2 aromatic carbocycles. The largest absolute Gasteiger partial charge is 0.435 e. The number of nitrogens with zero attached hydrogens (tertiary/aromatic N) is 3. The number of carbonyl (C=O) groups is 2. The van der Waals surface area contributed by atoms with Crippen molar-refractivity contribution in [3.05, 3.63) is 83.7 Å². The van der Waals surface area contributed by atoms with Gasteiger partial charge in [0.1, 0.15) is 0 Å². The molecular formula is C25H27F3N6O2. The summed E-state index contributed by atoms with van der Waals surface area (Å²) in [6.45, 7) is 0.952. The number of hydrogen-bond donors (Lipinski definition) is 3. The minimum absolute atomic E-state index is 0.0446. The fraction of sp³-hybridized carbons (Fsp3) is 0.320. The summed E-state index contributed by atoms with van der Waals surface area (Å²) in [4.78, 5) is 26.7. The zero-order valence-corrected chi connectivity index (χ0v) is 19.5. The maximum atomic E-state index is 13.5. The monoisotopic (exact) mass is 500 g/mol. The Hall–Kier alpha value is -3.86. The highest BCUT2D eigenvalue weighted by atomic mass is 19.4. The third-order valence-corrected chi connectivity index (χ3v) is 6.23. The van der Waals surface area contributed by atoms with Crippen LogP contribution in [0.4, 0.5) is 18.0 Å². The van der Waals surface area contributed by atoms with Crippen LogP contribution in [-0.2, 0) is 11.7 Å². The molecule has 1 aliphatic rings. The van der Waals surface area contributed by atoms with Crippen molar-refractivity contribution in [1.82, 2.24) is 25.3 Å². The number of aromatic nitrogens is 2. The number of benzene rings is 2. The summed E-state index contributed by atoms with van der Waals surface area (Å²) in [7, 11) is 0. The maximum absolute atomic E-state index is 13.5. The SMILES string of the molecule is NC1(c2ccccc2)CCN(C(=O)NCCNC(=O)c2cn(-c3ccccc3)nc2C(F)(F)F)CC1. The van der Waals surface area contributed by atoms with Gasteiger partial charge in [-0.3, -0.25) is 4.79 Å². The summed E-state index contributed by atoms with van der Waals surface area (Å²) >= 11 is 0. The van der Waals surface area contributed by atoms with Gasteiger partial charge in [0.05, 0.1) is 11.3 Å². The Kier molecular flexibility index (Phi) is 7.30. The van der Waals surface area contributed by atoms with Gasteiger partial charge in [0.2, 0.25) is 0 Å². The number of amides is 3. The Balaban J connectivity index is 1.28. The van der Waals surface area contributed by atoms with Gasteiger partial charge in [-0.05, 0) is 30.5 Å². The van der Waals surface area contributed by atoms with Crippen molar-refractivity contribution >= 4 is 11.9 Å². The minimum atomic E-state index is -4.80. The van der Waals surface area contributed by atoms with E-state index < -0.39 is 28.9 Å². The highest BCUT2D eigenvalue weighted by Gasteiger charge is 2.39. The van der Waals surface area contributed by atoms with Crippen LogP contribution in [0.5, 0.6) is 0 Å². The number of halogens is 3. The van der Waals surface area contributed by atoms with Gasteiger partial charge in [-0.1, -0.05) is 48.5 Å². The van der Waals surface area contributed by atoms with Gasteiger partial charge < -0.3 is 21.3 Å². The molecule has 0 saturated carbocycles. The average Bonchev–Trinajstić information content (AvgIpc) is 3.35. The third-order valence-electron chi connectivity index (χ3n) is 6.23. The van der Waals surface area contributed by atoms with Crippen molar-refractivity contribution in [3.63, 3.8) is 0 Å². The minimum Gasteiger partial charge on any atom is -0.350 e. The molecule has 0 atom stereocenters. The van der Waals surface area contributed by atoms with Gasteiger partial charge in [-0.2, -0.15) is 18.3 Å². The van der Waals surface area contributed by atoms with Crippen LogP contribution in [0.15, 0.2) is 66.9 Å². The molecule has 4 rings (SSSR count). The standard InChI is InChI=1S/C25H27F3N6O2/c26-25(27,28)21-20(17-34(32-21)19-9-5-2-6-10-19)22(35)30-13-14-31-23(36)33-15-11-24(29,12-16-33)18-7-3-1-4-8-18/h1-10,17H,11-16,29H2,(H,30,35)(H,31,36). The van der Waals surface area contributed by atoms with Crippen LogP contribution in [0.1, 0.15) is 34.5 Å². The summed E-state index contributed by atoms with van der Waals surface area (Å²) in [5, 5.41) is 8.68. The number of rotatable bonds is 6. The van der Waals surface area contributed by atoms with Crippen LogP contribution in [0.25, 0.3) is 5.69 Å². The number of nitrogens with one attached hydrogen (secondary N) is 2. The van der Waals surface area contributed by atoms with Gasteiger partial charge in [0, 0.05) is 37.9 Å². The molecule has 1 aromatic heterocycles. The molecule has 3 amide bonds. The third kappa shape index (κ3) is 5.68. The van der Waals surface area contributed by atoms with E-state index in [1.165, 1.54) is 0 Å². The summed E-state index contributed by atoms with van der Waals surface area (Å²) in [5.74, 6) is -0.924. The van der Waals surface area contributed by atoms with Gasteiger partial charge in [-0.15, -0.1) is 0 Å². The van der Waals surface area contributed by atoms with Crippen molar-refractivity contribution < 1.29 is 22.8 Å². The van der Waals surface area contributed by atoms with E-state index in [4.69, 9.17) is 5.73 Å². The summed E-state index contributed by atoms with van der Waals surface area (Å²) in [5.41, 5.74) is 5.61. The molecule has 1 saturated heterocycles. The highest BCUT2D eigenvalue weighted by Crippen LogP contribution is 2.32. The van der Waals surface area contributed by atoms with Crippen LogP contribution < -0.4 is 16.4 Å². The number of hydrogen-bond acceptors (Lipinski definition) is 4. The smallest absolute Gasteiger partial charge is 0.350 e. The number of nitrogens with two attached hydrogens (primary N) is 1. The fourth-order valence-electron chi connectivity index (χ4n) is 4.18. The highest BCUT2D eigenvalue weighted by molar-refractivity contribution is 5.95. The lowest BCUT2D eigenvalue weighted by Gasteiger charge is -2.39. The normalized spacial score (nSPS) is 15.4. The first kappa shape index (κ1) is 25.2. The molecule has 0 radical (unpaired) electrons. The van der Waals surface area contributed by atoms with Crippen LogP contribution in [0.2, 0.25) is 0 Å². The molecule has 0 bridgehead atoms. The van der Waals surface area contributed by atoms with E-state index >= 15 is 0 Å². The van der Waals surface area contributed by atoms with E-state index in [2.05, 4.69) is 15.7 Å². The molecule has 2 heterocycles. The second kappa shape index (κ2) is 10.4. The summed E-state index contributed by atoms with van der Waals surface area (Å²) < 4.78 is 41.4. The lowest BCUT2D eigenvalue weighted by Crippen LogP contribution is -2.52. The first-order valence-electron chi connectivity index (χ1n) is 11.5. The first-order chi connectivity index (χ1) is 17.2. The Morgan fingerprint density at radius 1 is 0.944 bits per heavy atom. The van der Waals surface area contributed by atoms with Crippen molar-refractivity contribution in [2.24, 2.45) is 5.73 Å². The predicted octanol–water partition coefficient (Wildman–Crippen LogP) is 3.28. The van der Waals surface area contributed by atoms with E-state index in [9.17, 15) is 22.8 Å².